The van der Waals surface area contributed by atoms with Gasteiger partial charge < -0.3 is 10.2 Å². The van der Waals surface area contributed by atoms with Gasteiger partial charge in [-0.05, 0) is 32.6 Å². The minimum Gasteiger partial charge on any atom is -0.368 e. The molecule has 1 aliphatic rings. The van der Waals surface area contributed by atoms with Crippen LogP contribution in [-0.2, 0) is 6.54 Å². The van der Waals surface area contributed by atoms with Crippen molar-refractivity contribution < 1.29 is 0 Å². The summed E-state index contributed by atoms with van der Waals surface area (Å²) in [5, 5.41) is 4.08. The molecule has 0 radical (unpaired) electrons. The molecule has 1 aliphatic heterocycles. The minimum atomic E-state index is 0.634. The van der Waals surface area contributed by atoms with E-state index in [-0.39, 0.29) is 0 Å². The quantitative estimate of drug-likeness (QED) is 0.915. The molecular formula is C15H24ClN3. The summed E-state index contributed by atoms with van der Waals surface area (Å²) in [4.78, 5) is 4.94. The molecule has 3 nitrogen and oxygen atoms in total. The van der Waals surface area contributed by atoms with Crippen LogP contribution in [0.15, 0.2) is 18.2 Å². The van der Waals surface area contributed by atoms with Crippen LogP contribution in [0.5, 0.6) is 0 Å². The first-order chi connectivity index (χ1) is 9.17. The summed E-state index contributed by atoms with van der Waals surface area (Å²) in [7, 11) is 4.18. The van der Waals surface area contributed by atoms with E-state index >= 15 is 0 Å². The third-order valence-electron chi connectivity index (χ3n) is 4.04. The van der Waals surface area contributed by atoms with E-state index in [4.69, 9.17) is 11.6 Å². The first-order valence-electron chi connectivity index (χ1n) is 7.04. The fourth-order valence-corrected chi connectivity index (χ4v) is 3.04. The Morgan fingerprint density at radius 1 is 1.37 bits per heavy atom. The number of anilines is 1. The average molecular weight is 282 g/mol. The van der Waals surface area contributed by atoms with Crippen molar-refractivity contribution in [2.75, 3.05) is 38.6 Å². The molecule has 1 fully saturated rings. The Morgan fingerprint density at radius 2 is 2.16 bits per heavy atom. The smallest absolute Gasteiger partial charge is 0.0471 e. The van der Waals surface area contributed by atoms with Crippen molar-refractivity contribution in [3.05, 3.63) is 28.8 Å². The third-order valence-corrected chi connectivity index (χ3v) is 4.39. The Balaban J connectivity index is 2.24. The molecule has 19 heavy (non-hydrogen) atoms. The Kier molecular flexibility index (Phi) is 5.08. The van der Waals surface area contributed by atoms with E-state index < -0.39 is 0 Å². The van der Waals surface area contributed by atoms with Crippen molar-refractivity contribution >= 4 is 17.3 Å². The third kappa shape index (κ3) is 3.22. The van der Waals surface area contributed by atoms with Crippen molar-refractivity contribution in [1.29, 1.82) is 0 Å². The summed E-state index contributed by atoms with van der Waals surface area (Å²) >= 11 is 6.35. The molecule has 0 aromatic heterocycles. The van der Waals surface area contributed by atoms with Gasteiger partial charge in [0.15, 0.2) is 0 Å². The Labute approximate surface area is 121 Å². The zero-order chi connectivity index (χ0) is 13.8. The van der Waals surface area contributed by atoms with Gasteiger partial charge in [-0.1, -0.05) is 24.6 Å². The van der Waals surface area contributed by atoms with Gasteiger partial charge in [0.05, 0.1) is 0 Å². The summed E-state index contributed by atoms with van der Waals surface area (Å²) in [6.45, 7) is 6.35. The number of halogens is 1. The predicted molar refractivity (Wildman–Crippen MR) is 83.1 cm³/mol. The fraction of sp³-hybridized carbons (Fsp3) is 0.600. The highest BCUT2D eigenvalue weighted by Crippen LogP contribution is 2.29. The average Bonchev–Trinajstić information content (AvgIpc) is 2.42. The number of hydrogen-bond donors (Lipinski definition) is 1. The topological polar surface area (TPSA) is 18.5 Å². The van der Waals surface area contributed by atoms with Crippen molar-refractivity contribution in [3.8, 4) is 0 Å². The second-order valence-electron chi connectivity index (χ2n) is 5.26. The maximum Gasteiger partial charge on any atom is 0.0471 e. The lowest BCUT2D eigenvalue weighted by atomic mass is 10.1. The van der Waals surface area contributed by atoms with Crippen LogP contribution >= 0.6 is 11.6 Å². The van der Waals surface area contributed by atoms with Crippen LogP contribution in [0.1, 0.15) is 18.9 Å². The molecule has 0 amide bonds. The number of piperazine rings is 1. The monoisotopic (exact) mass is 281 g/mol. The second-order valence-corrected chi connectivity index (χ2v) is 5.66. The van der Waals surface area contributed by atoms with Gasteiger partial charge in [0.2, 0.25) is 0 Å². The van der Waals surface area contributed by atoms with Gasteiger partial charge in [-0.25, -0.2) is 0 Å². The van der Waals surface area contributed by atoms with E-state index in [0.29, 0.717) is 6.04 Å². The number of rotatable bonds is 4. The molecule has 1 aromatic carbocycles. The number of nitrogens with one attached hydrogen (secondary N) is 1. The van der Waals surface area contributed by atoms with Crippen LogP contribution in [0.25, 0.3) is 0 Å². The van der Waals surface area contributed by atoms with Gasteiger partial charge in [-0.15, -0.1) is 0 Å². The molecule has 0 aliphatic carbocycles. The maximum atomic E-state index is 6.35. The van der Waals surface area contributed by atoms with Crippen LogP contribution < -0.4 is 10.2 Å². The van der Waals surface area contributed by atoms with Gasteiger partial charge >= 0.3 is 0 Å². The molecule has 106 valence electrons. The van der Waals surface area contributed by atoms with E-state index in [9.17, 15) is 0 Å². The molecule has 0 bridgehead atoms. The van der Waals surface area contributed by atoms with Crippen molar-refractivity contribution in [2.24, 2.45) is 0 Å². The lowest BCUT2D eigenvalue weighted by Crippen LogP contribution is -2.51. The van der Waals surface area contributed by atoms with Gasteiger partial charge in [0, 0.05) is 48.5 Å². The van der Waals surface area contributed by atoms with Crippen LogP contribution in [0.3, 0.4) is 0 Å². The van der Waals surface area contributed by atoms with E-state index in [1.165, 1.54) is 17.7 Å². The molecule has 1 saturated heterocycles. The molecule has 4 heteroatoms. The summed E-state index contributed by atoms with van der Waals surface area (Å²) < 4.78 is 0. The van der Waals surface area contributed by atoms with Gasteiger partial charge in [-0.2, -0.15) is 0 Å². The van der Waals surface area contributed by atoms with Crippen molar-refractivity contribution in [2.45, 2.75) is 25.9 Å². The largest absolute Gasteiger partial charge is 0.368 e. The van der Waals surface area contributed by atoms with Crippen LogP contribution in [-0.4, -0.2) is 44.7 Å². The minimum absolute atomic E-state index is 0.634. The van der Waals surface area contributed by atoms with Gasteiger partial charge in [0.25, 0.3) is 0 Å². The Morgan fingerprint density at radius 3 is 2.84 bits per heavy atom. The standard InChI is InChI=1S/C15H24ClN3/c1-4-12-11-19(9-8-18(12)3)15-7-5-6-14(16)13(15)10-17-2/h5-7,12,17H,4,8-11H2,1-3H3. The van der Waals surface area contributed by atoms with Crippen LogP contribution in [0.2, 0.25) is 5.02 Å². The molecule has 1 unspecified atom stereocenters. The van der Waals surface area contributed by atoms with Crippen LogP contribution in [0, 0.1) is 0 Å². The van der Waals surface area contributed by atoms with E-state index in [0.717, 1.165) is 31.2 Å². The van der Waals surface area contributed by atoms with E-state index in [1.807, 2.05) is 13.1 Å². The normalized spacial score (nSPS) is 20.8. The maximum absolute atomic E-state index is 6.35. The summed E-state index contributed by atoms with van der Waals surface area (Å²) in [5.41, 5.74) is 2.50. The lowest BCUT2D eigenvalue weighted by Gasteiger charge is -2.41. The first kappa shape index (κ1) is 14.6. The van der Waals surface area contributed by atoms with Gasteiger partial charge in [-0.3, -0.25) is 4.90 Å². The van der Waals surface area contributed by atoms with Crippen LogP contribution in [0.4, 0.5) is 5.69 Å². The zero-order valence-electron chi connectivity index (χ0n) is 12.1. The second kappa shape index (κ2) is 6.60. The first-order valence-corrected chi connectivity index (χ1v) is 7.42. The predicted octanol–water partition coefficient (Wildman–Crippen LogP) is 2.59. The fourth-order valence-electron chi connectivity index (χ4n) is 2.80. The molecule has 0 saturated carbocycles. The molecule has 1 aromatic rings. The Hall–Kier alpha value is -0.770. The summed E-state index contributed by atoms with van der Waals surface area (Å²) in [6.07, 6.45) is 1.19. The highest BCUT2D eigenvalue weighted by molar-refractivity contribution is 6.31. The number of likely N-dealkylation sites (N-methyl/N-ethyl adjacent to an activating group) is 1. The van der Waals surface area contributed by atoms with E-state index in [1.54, 1.807) is 0 Å². The summed E-state index contributed by atoms with van der Waals surface area (Å²) in [5.74, 6) is 0. The molecule has 1 heterocycles. The Bertz CT molecular complexity index is 422. The van der Waals surface area contributed by atoms with Crippen molar-refractivity contribution in [1.82, 2.24) is 10.2 Å². The highest BCUT2D eigenvalue weighted by atomic mass is 35.5. The number of benzene rings is 1. The molecule has 1 atom stereocenters. The lowest BCUT2D eigenvalue weighted by molar-refractivity contribution is 0.213. The van der Waals surface area contributed by atoms with Gasteiger partial charge in [0.1, 0.15) is 0 Å². The SMILES string of the molecule is CCC1CN(c2cccc(Cl)c2CNC)CCN1C. The van der Waals surface area contributed by atoms with Crippen molar-refractivity contribution in [3.63, 3.8) is 0 Å². The molecular weight excluding hydrogens is 258 g/mol. The number of nitrogens with zero attached hydrogens (tertiary/aromatic N) is 2. The number of hydrogen-bond acceptors (Lipinski definition) is 3. The molecule has 1 N–H and O–H groups in total. The highest BCUT2D eigenvalue weighted by Gasteiger charge is 2.24. The molecule has 0 spiro atoms. The zero-order valence-corrected chi connectivity index (χ0v) is 12.9. The summed E-state index contributed by atoms with van der Waals surface area (Å²) in [6, 6.07) is 6.85. The van der Waals surface area contributed by atoms with E-state index in [2.05, 4.69) is 41.2 Å². The molecule has 2 rings (SSSR count).